The highest BCUT2D eigenvalue weighted by Gasteiger charge is 2.20. The molecule has 1 amide bonds. The van der Waals surface area contributed by atoms with Crippen molar-refractivity contribution in [3.63, 3.8) is 0 Å². The van der Waals surface area contributed by atoms with E-state index in [-0.39, 0.29) is 11.9 Å². The first-order valence-electron chi connectivity index (χ1n) is 12.1. The average Bonchev–Trinajstić information content (AvgIpc) is 2.87. The third-order valence-corrected chi connectivity index (χ3v) is 7.38. The number of para-hydroxylation sites is 1. The molecule has 3 aromatic rings. The molecule has 1 aromatic heterocycles. The Morgan fingerprint density at radius 2 is 1.80 bits per heavy atom. The molecular weight excluding hydrogens is 478 g/mol. The molecule has 2 aromatic carbocycles. The Kier molecular flexibility index (Phi) is 8.52. The number of nitrogens with zero attached hydrogens (tertiary/aromatic N) is 4. The van der Waals surface area contributed by atoms with Crippen LogP contribution in [0.15, 0.2) is 59.8 Å². The number of carbonyl (C=O) groups is 1. The van der Waals surface area contributed by atoms with E-state index in [4.69, 9.17) is 16.6 Å². The summed E-state index contributed by atoms with van der Waals surface area (Å²) in [4.78, 5) is 26.4. The monoisotopic (exact) mass is 509 g/mol. The van der Waals surface area contributed by atoms with Gasteiger partial charge in [0, 0.05) is 55.3 Å². The lowest BCUT2D eigenvalue weighted by Gasteiger charge is -2.37. The van der Waals surface area contributed by atoms with Gasteiger partial charge in [-0.2, -0.15) is 0 Å². The van der Waals surface area contributed by atoms with Crippen LogP contribution in [0.2, 0.25) is 5.15 Å². The number of halogens is 1. The highest BCUT2D eigenvalue weighted by molar-refractivity contribution is 7.98. The first kappa shape index (κ1) is 25.3. The minimum Gasteiger partial charge on any atom is -0.368 e. The second-order valence-corrected chi connectivity index (χ2v) is 10.2. The van der Waals surface area contributed by atoms with E-state index in [0.29, 0.717) is 21.6 Å². The van der Waals surface area contributed by atoms with Crippen molar-refractivity contribution in [3.8, 4) is 0 Å². The van der Waals surface area contributed by atoms with Gasteiger partial charge < -0.3 is 15.1 Å². The Labute approximate surface area is 217 Å². The molecule has 1 fully saturated rings. The van der Waals surface area contributed by atoms with E-state index in [1.54, 1.807) is 0 Å². The summed E-state index contributed by atoms with van der Waals surface area (Å²) in [6.45, 7) is 9.83. The minimum atomic E-state index is -0.0441. The summed E-state index contributed by atoms with van der Waals surface area (Å²) in [5, 5.41) is 4.10. The van der Waals surface area contributed by atoms with E-state index in [1.807, 2.05) is 37.3 Å². The number of rotatable bonds is 8. The van der Waals surface area contributed by atoms with Crippen molar-refractivity contribution < 1.29 is 4.79 Å². The maximum Gasteiger partial charge on any atom is 0.251 e. The highest BCUT2D eigenvalue weighted by Crippen LogP contribution is 2.27. The van der Waals surface area contributed by atoms with Crippen LogP contribution in [0.4, 0.5) is 11.5 Å². The van der Waals surface area contributed by atoms with E-state index in [0.717, 1.165) is 44.0 Å². The smallest absolute Gasteiger partial charge is 0.251 e. The van der Waals surface area contributed by atoms with Crippen LogP contribution in [0.1, 0.15) is 41.8 Å². The van der Waals surface area contributed by atoms with Crippen LogP contribution in [0.5, 0.6) is 0 Å². The number of hydrogen-bond donors (Lipinski definition) is 1. The SMILES string of the molecule is CCC(C)NC(=O)c1cccc(CSc2nc(Cl)cc(N3CCN(c4ccccc4C)CC3)n2)c1. The van der Waals surface area contributed by atoms with Crippen molar-refractivity contribution in [2.24, 2.45) is 0 Å². The summed E-state index contributed by atoms with van der Waals surface area (Å²) in [5.41, 5.74) is 4.31. The first-order valence-corrected chi connectivity index (χ1v) is 13.4. The lowest BCUT2D eigenvalue weighted by molar-refractivity contribution is 0.0939. The van der Waals surface area contributed by atoms with Gasteiger partial charge in [0.2, 0.25) is 0 Å². The Morgan fingerprint density at radius 1 is 1.06 bits per heavy atom. The predicted molar refractivity (Wildman–Crippen MR) is 146 cm³/mol. The average molecular weight is 510 g/mol. The molecule has 1 N–H and O–H groups in total. The number of piperazine rings is 1. The summed E-state index contributed by atoms with van der Waals surface area (Å²) in [6, 6.07) is 18.2. The van der Waals surface area contributed by atoms with Crippen LogP contribution >= 0.6 is 23.4 Å². The molecule has 0 aliphatic carbocycles. The molecule has 0 bridgehead atoms. The number of benzene rings is 2. The van der Waals surface area contributed by atoms with Gasteiger partial charge in [0.15, 0.2) is 5.16 Å². The fourth-order valence-electron chi connectivity index (χ4n) is 4.07. The van der Waals surface area contributed by atoms with E-state index < -0.39 is 0 Å². The second-order valence-electron chi connectivity index (χ2n) is 8.86. The fraction of sp³-hybridized carbons (Fsp3) is 0.370. The number of aryl methyl sites for hydroxylation is 1. The van der Waals surface area contributed by atoms with Crippen molar-refractivity contribution in [2.45, 2.75) is 44.1 Å². The molecule has 35 heavy (non-hydrogen) atoms. The zero-order valence-electron chi connectivity index (χ0n) is 20.5. The van der Waals surface area contributed by atoms with Crippen molar-refractivity contribution in [1.82, 2.24) is 15.3 Å². The van der Waals surface area contributed by atoms with Gasteiger partial charge in [-0.05, 0) is 49.6 Å². The third kappa shape index (κ3) is 6.67. The topological polar surface area (TPSA) is 61.4 Å². The van der Waals surface area contributed by atoms with Crippen LogP contribution in [-0.2, 0) is 5.75 Å². The van der Waals surface area contributed by atoms with Crippen molar-refractivity contribution in [1.29, 1.82) is 0 Å². The largest absolute Gasteiger partial charge is 0.368 e. The third-order valence-electron chi connectivity index (χ3n) is 6.27. The van der Waals surface area contributed by atoms with Gasteiger partial charge in [-0.15, -0.1) is 0 Å². The maximum atomic E-state index is 12.5. The van der Waals surface area contributed by atoms with Gasteiger partial charge in [0.1, 0.15) is 11.0 Å². The van der Waals surface area contributed by atoms with Crippen molar-refractivity contribution >= 4 is 40.8 Å². The molecule has 1 unspecified atom stereocenters. The Bertz CT molecular complexity index is 1170. The lowest BCUT2D eigenvalue weighted by Crippen LogP contribution is -2.47. The second kappa shape index (κ2) is 11.8. The van der Waals surface area contributed by atoms with E-state index in [9.17, 15) is 4.79 Å². The van der Waals surface area contributed by atoms with Crippen molar-refractivity contribution in [2.75, 3.05) is 36.0 Å². The van der Waals surface area contributed by atoms with Gasteiger partial charge in [-0.25, -0.2) is 9.97 Å². The first-order chi connectivity index (χ1) is 16.9. The molecule has 2 heterocycles. The molecule has 4 rings (SSSR count). The molecule has 184 valence electrons. The molecule has 0 saturated carbocycles. The number of amides is 1. The summed E-state index contributed by atoms with van der Waals surface area (Å²) < 4.78 is 0. The van der Waals surface area contributed by atoms with Gasteiger partial charge >= 0.3 is 0 Å². The van der Waals surface area contributed by atoms with Gasteiger partial charge in [0.25, 0.3) is 5.91 Å². The zero-order valence-corrected chi connectivity index (χ0v) is 22.1. The molecule has 8 heteroatoms. The van der Waals surface area contributed by atoms with E-state index in [2.05, 4.69) is 58.2 Å². The quantitative estimate of drug-likeness (QED) is 0.243. The standard InChI is InChI=1S/C27H32ClN5OS/c1-4-20(3)29-26(34)22-10-7-9-21(16-22)18-35-27-30-24(28)17-25(31-27)33-14-12-32(13-15-33)23-11-6-5-8-19(23)2/h5-11,16-17,20H,4,12-15,18H2,1-3H3,(H,29,34). The normalized spacial score (nSPS) is 14.6. The van der Waals surface area contributed by atoms with Crippen LogP contribution in [-0.4, -0.2) is 48.1 Å². The lowest BCUT2D eigenvalue weighted by atomic mass is 10.1. The van der Waals surface area contributed by atoms with Crippen LogP contribution in [0.3, 0.4) is 0 Å². The summed E-state index contributed by atoms with van der Waals surface area (Å²) in [5.74, 6) is 1.47. The number of anilines is 2. The molecule has 1 aliphatic rings. The van der Waals surface area contributed by atoms with Gasteiger partial charge in [-0.3, -0.25) is 4.79 Å². The summed E-state index contributed by atoms with van der Waals surface area (Å²) in [7, 11) is 0. The molecule has 0 radical (unpaired) electrons. The number of aromatic nitrogens is 2. The van der Waals surface area contributed by atoms with Crippen LogP contribution in [0.25, 0.3) is 0 Å². The zero-order chi connectivity index (χ0) is 24.8. The van der Waals surface area contributed by atoms with E-state index >= 15 is 0 Å². The number of nitrogens with one attached hydrogen (secondary N) is 1. The van der Waals surface area contributed by atoms with E-state index in [1.165, 1.54) is 23.0 Å². The Balaban J connectivity index is 1.38. The van der Waals surface area contributed by atoms with Gasteiger partial charge in [-0.1, -0.05) is 60.6 Å². The van der Waals surface area contributed by atoms with Crippen LogP contribution < -0.4 is 15.1 Å². The Hall–Kier alpha value is -2.77. The highest BCUT2D eigenvalue weighted by atomic mass is 35.5. The maximum absolute atomic E-state index is 12.5. The molecule has 1 atom stereocenters. The van der Waals surface area contributed by atoms with Crippen molar-refractivity contribution in [3.05, 3.63) is 76.4 Å². The minimum absolute atomic E-state index is 0.0441. The number of carbonyl (C=O) groups excluding carboxylic acids is 1. The molecule has 1 saturated heterocycles. The fourth-order valence-corrected chi connectivity index (χ4v) is 5.09. The number of hydrogen-bond acceptors (Lipinski definition) is 6. The predicted octanol–water partition coefficient (Wildman–Crippen LogP) is 5.59. The molecule has 6 nitrogen and oxygen atoms in total. The molecule has 0 spiro atoms. The van der Waals surface area contributed by atoms with Gasteiger partial charge in [0.05, 0.1) is 0 Å². The molecular formula is C27H32ClN5OS. The summed E-state index contributed by atoms with van der Waals surface area (Å²) in [6.07, 6.45) is 0.899. The Morgan fingerprint density at radius 3 is 2.54 bits per heavy atom. The number of thioether (sulfide) groups is 1. The van der Waals surface area contributed by atoms with Crippen LogP contribution in [0, 0.1) is 6.92 Å². The molecule has 1 aliphatic heterocycles. The summed E-state index contributed by atoms with van der Waals surface area (Å²) >= 11 is 7.90.